The van der Waals surface area contributed by atoms with E-state index in [1.807, 2.05) is 0 Å². The van der Waals surface area contributed by atoms with Gasteiger partial charge >= 0.3 is 0 Å². The third-order valence-electron chi connectivity index (χ3n) is 5.51. The Bertz CT molecular complexity index is 240. The van der Waals surface area contributed by atoms with Crippen molar-refractivity contribution in [1.29, 1.82) is 0 Å². The van der Waals surface area contributed by atoms with Crippen molar-refractivity contribution < 1.29 is 5.11 Å². The lowest BCUT2D eigenvalue weighted by Crippen LogP contribution is -2.50. The van der Waals surface area contributed by atoms with Gasteiger partial charge in [0.2, 0.25) is 0 Å². The number of hydrogen-bond donors (Lipinski definition) is 1. The van der Waals surface area contributed by atoms with Gasteiger partial charge in [-0.2, -0.15) is 0 Å². The van der Waals surface area contributed by atoms with E-state index in [0.717, 1.165) is 12.3 Å². The highest BCUT2D eigenvalue weighted by molar-refractivity contribution is 4.97. The molecule has 2 unspecified atom stereocenters. The predicted octanol–water partition coefficient (Wildman–Crippen LogP) is 4.39. The Hall–Kier alpha value is -0.0400. The normalized spacial score (nSPS) is 43.9. The first-order valence-electron chi connectivity index (χ1n) is 7.76. The highest BCUT2D eigenvalue weighted by atomic mass is 16.3. The monoisotopic (exact) mass is 238 g/mol. The number of hydrogen-bond acceptors (Lipinski definition) is 1. The molecule has 0 aliphatic heterocycles. The molecule has 2 aliphatic carbocycles. The lowest BCUT2D eigenvalue weighted by molar-refractivity contribution is -0.121. The van der Waals surface area contributed by atoms with Crippen LogP contribution in [0, 0.1) is 23.7 Å². The predicted molar refractivity (Wildman–Crippen MR) is 72.9 cm³/mol. The molecule has 0 aromatic carbocycles. The van der Waals surface area contributed by atoms with Crippen LogP contribution >= 0.6 is 0 Å². The van der Waals surface area contributed by atoms with E-state index < -0.39 is 0 Å². The van der Waals surface area contributed by atoms with E-state index in [-0.39, 0.29) is 5.60 Å². The third kappa shape index (κ3) is 2.70. The molecule has 0 aromatic heterocycles. The fourth-order valence-corrected chi connectivity index (χ4v) is 4.39. The van der Waals surface area contributed by atoms with Gasteiger partial charge in [-0.15, -0.1) is 0 Å². The van der Waals surface area contributed by atoms with Crippen LogP contribution in [0.1, 0.15) is 72.1 Å². The third-order valence-corrected chi connectivity index (χ3v) is 5.51. The van der Waals surface area contributed by atoms with E-state index in [1.165, 1.54) is 44.9 Å². The average Bonchev–Trinajstić information content (AvgIpc) is 2.29. The van der Waals surface area contributed by atoms with Gasteiger partial charge in [-0.05, 0) is 49.4 Å². The zero-order valence-corrected chi connectivity index (χ0v) is 11.9. The SMILES string of the molecule is CC1CCC(C2(O)CCCCC2C(C)C)CC1. The molecule has 0 amide bonds. The molecule has 1 heteroatoms. The molecule has 2 rings (SSSR count). The zero-order chi connectivity index (χ0) is 12.5. The van der Waals surface area contributed by atoms with E-state index in [0.29, 0.717) is 17.8 Å². The Morgan fingerprint density at radius 1 is 1.00 bits per heavy atom. The minimum absolute atomic E-state index is 0.327. The van der Waals surface area contributed by atoms with Crippen molar-refractivity contribution >= 4 is 0 Å². The Kier molecular flexibility index (Phi) is 4.18. The van der Waals surface area contributed by atoms with Gasteiger partial charge in [0.25, 0.3) is 0 Å². The molecule has 2 aliphatic rings. The molecule has 2 fully saturated rings. The summed E-state index contributed by atoms with van der Waals surface area (Å²) in [5.74, 6) is 2.66. The van der Waals surface area contributed by atoms with Crippen LogP contribution in [-0.2, 0) is 0 Å². The number of aliphatic hydroxyl groups is 1. The van der Waals surface area contributed by atoms with Crippen LogP contribution in [0.2, 0.25) is 0 Å². The fraction of sp³-hybridized carbons (Fsp3) is 1.00. The summed E-state index contributed by atoms with van der Waals surface area (Å²) in [6.07, 6.45) is 10.1. The summed E-state index contributed by atoms with van der Waals surface area (Å²) in [6, 6.07) is 0. The van der Waals surface area contributed by atoms with Crippen molar-refractivity contribution in [2.45, 2.75) is 77.7 Å². The van der Waals surface area contributed by atoms with Gasteiger partial charge in [-0.1, -0.05) is 46.5 Å². The molecule has 0 bridgehead atoms. The van der Waals surface area contributed by atoms with E-state index in [1.54, 1.807) is 0 Å². The molecule has 2 atom stereocenters. The van der Waals surface area contributed by atoms with Crippen LogP contribution < -0.4 is 0 Å². The Morgan fingerprint density at radius 2 is 1.65 bits per heavy atom. The maximum Gasteiger partial charge on any atom is 0.0706 e. The van der Waals surface area contributed by atoms with Crippen LogP contribution in [0.15, 0.2) is 0 Å². The maximum atomic E-state index is 11.2. The summed E-state index contributed by atoms with van der Waals surface area (Å²) < 4.78 is 0. The molecule has 0 spiro atoms. The molecule has 0 saturated heterocycles. The second-order valence-electron chi connectivity index (χ2n) is 7.04. The summed E-state index contributed by atoms with van der Waals surface area (Å²) >= 11 is 0. The van der Waals surface area contributed by atoms with Gasteiger partial charge in [0, 0.05) is 0 Å². The van der Waals surface area contributed by atoms with Crippen molar-refractivity contribution in [2.24, 2.45) is 23.7 Å². The molecule has 2 saturated carbocycles. The molecule has 17 heavy (non-hydrogen) atoms. The Balaban J connectivity index is 2.08. The molecular formula is C16H30O. The summed E-state index contributed by atoms with van der Waals surface area (Å²) in [5, 5.41) is 11.2. The minimum atomic E-state index is -0.327. The largest absolute Gasteiger partial charge is 0.389 e. The van der Waals surface area contributed by atoms with E-state index in [9.17, 15) is 5.11 Å². The van der Waals surface area contributed by atoms with Crippen LogP contribution in [0.4, 0.5) is 0 Å². The highest BCUT2D eigenvalue weighted by Gasteiger charge is 2.46. The van der Waals surface area contributed by atoms with Crippen LogP contribution in [0.25, 0.3) is 0 Å². The molecule has 1 N–H and O–H groups in total. The van der Waals surface area contributed by atoms with Gasteiger partial charge in [0.05, 0.1) is 5.60 Å². The summed E-state index contributed by atoms with van der Waals surface area (Å²) in [6.45, 7) is 6.96. The van der Waals surface area contributed by atoms with Crippen molar-refractivity contribution in [2.75, 3.05) is 0 Å². The van der Waals surface area contributed by atoms with E-state index in [4.69, 9.17) is 0 Å². The van der Waals surface area contributed by atoms with Gasteiger partial charge in [-0.3, -0.25) is 0 Å². The first-order chi connectivity index (χ1) is 8.04. The Morgan fingerprint density at radius 3 is 2.24 bits per heavy atom. The van der Waals surface area contributed by atoms with Gasteiger partial charge < -0.3 is 5.11 Å². The van der Waals surface area contributed by atoms with Crippen LogP contribution in [-0.4, -0.2) is 10.7 Å². The molecule has 0 aromatic rings. The van der Waals surface area contributed by atoms with Crippen molar-refractivity contribution in [1.82, 2.24) is 0 Å². The number of rotatable bonds is 2. The van der Waals surface area contributed by atoms with E-state index in [2.05, 4.69) is 20.8 Å². The molecule has 1 nitrogen and oxygen atoms in total. The lowest BCUT2D eigenvalue weighted by atomic mass is 9.61. The summed E-state index contributed by atoms with van der Waals surface area (Å²) in [4.78, 5) is 0. The van der Waals surface area contributed by atoms with Crippen molar-refractivity contribution in [3.8, 4) is 0 Å². The van der Waals surface area contributed by atoms with Gasteiger partial charge in [-0.25, -0.2) is 0 Å². The molecule has 0 heterocycles. The van der Waals surface area contributed by atoms with Gasteiger partial charge in [0.1, 0.15) is 0 Å². The molecular weight excluding hydrogens is 208 g/mol. The summed E-state index contributed by atoms with van der Waals surface area (Å²) in [5.41, 5.74) is -0.327. The smallest absolute Gasteiger partial charge is 0.0706 e. The average molecular weight is 238 g/mol. The van der Waals surface area contributed by atoms with Crippen molar-refractivity contribution in [3.05, 3.63) is 0 Å². The highest BCUT2D eigenvalue weighted by Crippen LogP contribution is 2.48. The maximum absolute atomic E-state index is 11.2. The van der Waals surface area contributed by atoms with Gasteiger partial charge in [0.15, 0.2) is 0 Å². The van der Waals surface area contributed by atoms with Crippen LogP contribution in [0.5, 0.6) is 0 Å². The standard InChI is InChI=1S/C16H30O/c1-12(2)15-6-4-5-11-16(15,17)14-9-7-13(3)8-10-14/h12-15,17H,4-11H2,1-3H3. The second kappa shape index (κ2) is 5.30. The fourth-order valence-electron chi connectivity index (χ4n) is 4.39. The quantitative estimate of drug-likeness (QED) is 0.756. The Labute approximate surface area is 107 Å². The molecule has 100 valence electrons. The topological polar surface area (TPSA) is 20.2 Å². The van der Waals surface area contributed by atoms with E-state index >= 15 is 0 Å². The lowest BCUT2D eigenvalue weighted by Gasteiger charge is -2.49. The van der Waals surface area contributed by atoms with Crippen LogP contribution in [0.3, 0.4) is 0 Å². The minimum Gasteiger partial charge on any atom is -0.389 e. The first-order valence-corrected chi connectivity index (χ1v) is 7.76. The second-order valence-corrected chi connectivity index (χ2v) is 7.04. The van der Waals surface area contributed by atoms with Crippen molar-refractivity contribution in [3.63, 3.8) is 0 Å². The first kappa shape index (κ1) is 13.4. The molecule has 0 radical (unpaired) electrons. The summed E-state index contributed by atoms with van der Waals surface area (Å²) in [7, 11) is 0. The zero-order valence-electron chi connectivity index (χ0n) is 11.9.